The van der Waals surface area contributed by atoms with Gasteiger partial charge in [-0.15, -0.1) is 0 Å². The van der Waals surface area contributed by atoms with Crippen molar-refractivity contribution in [2.24, 2.45) is 0 Å². The van der Waals surface area contributed by atoms with Crippen molar-refractivity contribution >= 4 is 47.4 Å². The quantitative estimate of drug-likeness (QED) is 0.151. The van der Waals surface area contributed by atoms with E-state index >= 15 is 0 Å². The molecule has 0 saturated carbocycles. The Bertz CT molecular complexity index is 2560. The molecule has 2 unspecified atom stereocenters. The predicted octanol–water partition coefficient (Wildman–Crippen LogP) is 11.6. The first-order chi connectivity index (χ1) is 28.3. The van der Waals surface area contributed by atoms with Gasteiger partial charge in [0.2, 0.25) is 0 Å². The molecule has 0 bridgehead atoms. The third kappa shape index (κ3) is 6.76. The third-order valence-electron chi connectivity index (χ3n) is 12.3. The van der Waals surface area contributed by atoms with Crippen LogP contribution in [0.2, 0.25) is 0 Å². The lowest BCUT2D eigenvalue weighted by molar-refractivity contribution is 0.788. The lowest BCUT2D eigenvalue weighted by Crippen LogP contribution is -2.53. The van der Waals surface area contributed by atoms with Gasteiger partial charge >= 0.3 is 13.7 Å². The van der Waals surface area contributed by atoms with Gasteiger partial charge in [0.15, 0.2) is 0 Å². The van der Waals surface area contributed by atoms with Gasteiger partial charge < -0.3 is 9.62 Å². The van der Waals surface area contributed by atoms with Crippen LogP contribution in [0.4, 0.5) is 22.7 Å². The van der Waals surface area contributed by atoms with Crippen LogP contribution in [0.1, 0.15) is 40.3 Å². The van der Waals surface area contributed by atoms with Crippen molar-refractivity contribution in [2.75, 3.05) is 9.62 Å². The van der Waals surface area contributed by atoms with Gasteiger partial charge in [-0.25, -0.2) is 0 Å². The van der Waals surface area contributed by atoms with Crippen LogP contribution in [0.15, 0.2) is 218 Å². The predicted molar refractivity (Wildman–Crippen MR) is 243 cm³/mol. The number of anilines is 4. The van der Waals surface area contributed by atoms with Gasteiger partial charge in [0.05, 0.1) is 0 Å². The van der Waals surface area contributed by atoms with E-state index in [2.05, 4.69) is 228 Å². The summed E-state index contributed by atoms with van der Waals surface area (Å²) in [6, 6.07) is 81.0. The molecule has 0 radical (unpaired) electrons. The molecule has 8 aromatic carbocycles. The summed E-state index contributed by atoms with van der Waals surface area (Å²) in [4.78, 5) is 5.18. The second-order valence-electron chi connectivity index (χ2n) is 15.6. The second kappa shape index (κ2) is 15.6. The smallest absolute Gasteiger partial charge is 0.301 e. The van der Waals surface area contributed by atoms with Crippen LogP contribution >= 0.6 is 0 Å². The van der Waals surface area contributed by atoms with E-state index in [1.54, 1.807) is 0 Å². The van der Waals surface area contributed by atoms with E-state index in [-0.39, 0.29) is 13.7 Å². The standard InChI is InChI=1S/C53H44B2N2/c1-5-17-42(18-6-1)50-38-33-44-21-13-15-27-52(44)56(48-23-9-3-10-24-48)54(50)46-34-29-40(30-35-46)41-31-36-47(37-32-41)55-51(43-19-7-2-8-20-43)39-45-22-14-16-28-53(45)57(55)49-25-11-4-12-26-49/h1-32,34-37,50-51H,33,38-39H2. The van der Waals surface area contributed by atoms with Crippen molar-refractivity contribution in [1.29, 1.82) is 0 Å². The summed E-state index contributed by atoms with van der Waals surface area (Å²) in [5.74, 6) is 0.607. The fourth-order valence-corrected chi connectivity index (χ4v) is 9.69. The van der Waals surface area contributed by atoms with Crippen molar-refractivity contribution in [3.63, 3.8) is 0 Å². The molecule has 0 N–H and O–H groups in total. The van der Waals surface area contributed by atoms with Gasteiger partial charge in [-0.05, 0) is 101 Å². The molecule has 10 rings (SSSR count). The molecule has 0 aliphatic carbocycles. The zero-order valence-electron chi connectivity index (χ0n) is 32.1. The Balaban J connectivity index is 1.03. The van der Waals surface area contributed by atoms with Crippen molar-refractivity contribution in [3.05, 3.63) is 241 Å². The third-order valence-corrected chi connectivity index (χ3v) is 12.3. The minimum atomic E-state index is 0.128. The largest absolute Gasteiger partial charge is 0.381 e. The second-order valence-corrected chi connectivity index (χ2v) is 15.6. The van der Waals surface area contributed by atoms with Crippen LogP contribution in [0.25, 0.3) is 11.1 Å². The first-order valence-electron chi connectivity index (χ1n) is 20.4. The molecule has 4 heteroatoms. The van der Waals surface area contributed by atoms with Crippen LogP contribution in [-0.4, -0.2) is 13.7 Å². The maximum Gasteiger partial charge on any atom is 0.301 e. The average Bonchev–Trinajstić information content (AvgIpc) is 3.47. The van der Waals surface area contributed by atoms with Crippen LogP contribution < -0.4 is 20.5 Å². The Kier molecular flexibility index (Phi) is 9.54. The molecule has 272 valence electrons. The number of aryl methyl sites for hydroxylation is 1. The van der Waals surface area contributed by atoms with E-state index in [0.29, 0.717) is 11.6 Å². The lowest BCUT2D eigenvalue weighted by Gasteiger charge is -2.42. The molecule has 0 amide bonds. The van der Waals surface area contributed by atoms with Gasteiger partial charge in [0, 0.05) is 22.7 Å². The van der Waals surface area contributed by atoms with Crippen molar-refractivity contribution in [2.45, 2.75) is 30.9 Å². The van der Waals surface area contributed by atoms with Gasteiger partial charge in [0.25, 0.3) is 0 Å². The van der Waals surface area contributed by atoms with E-state index in [0.717, 1.165) is 19.3 Å². The Labute approximate surface area is 338 Å². The summed E-state index contributed by atoms with van der Waals surface area (Å²) in [6.07, 6.45) is 3.11. The number of hydrogen-bond acceptors (Lipinski definition) is 2. The van der Waals surface area contributed by atoms with Crippen LogP contribution in [-0.2, 0) is 12.8 Å². The highest BCUT2D eigenvalue weighted by molar-refractivity contribution is 6.80. The van der Waals surface area contributed by atoms with Crippen molar-refractivity contribution in [3.8, 4) is 11.1 Å². The Morgan fingerprint density at radius 1 is 0.351 bits per heavy atom. The molecule has 0 aromatic heterocycles. The Morgan fingerprint density at radius 3 is 1.25 bits per heavy atom. The molecule has 0 spiro atoms. The van der Waals surface area contributed by atoms with Gasteiger partial charge in [-0.2, -0.15) is 0 Å². The van der Waals surface area contributed by atoms with Crippen LogP contribution in [0, 0.1) is 0 Å². The van der Waals surface area contributed by atoms with Gasteiger partial charge in [0.1, 0.15) is 0 Å². The minimum absolute atomic E-state index is 0.128. The summed E-state index contributed by atoms with van der Waals surface area (Å²) in [7, 11) is 0. The maximum atomic E-state index is 2.60. The summed E-state index contributed by atoms with van der Waals surface area (Å²) in [5.41, 5.74) is 15.7. The minimum Gasteiger partial charge on any atom is -0.381 e. The Morgan fingerprint density at radius 2 is 0.737 bits per heavy atom. The van der Waals surface area contributed by atoms with E-state index in [1.165, 1.54) is 67.1 Å². The lowest BCUT2D eigenvalue weighted by atomic mass is 9.40. The van der Waals surface area contributed by atoms with Crippen LogP contribution in [0.5, 0.6) is 0 Å². The van der Waals surface area contributed by atoms with Crippen molar-refractivity contribution < 1.29 is 0 Å². The zero-order valence-corrected chi connectivity index (χ0v) is 32.1. The molecule has 0 saturated heterocycles. The number of hydrogen-bond donors (Lipinski definition) is 0. The molecule has 8 aromatic rings. The van der Waals surface area contributed by atoms with Gasteiger partial charge in [-0.3, -0.25) is 0 Å². The van der Waals surface area contributed by atoms with Gasteiger partial charge in [-0.1, -0.05) is 193 Å². The normalized spacial score (nSPS) is 16.4. The monoisotopic (exact) mass is 730 g/mol. The number of rotatable bonds is 7. The topological polar surface area (TPSA) is 6.48 Å². The SMILES string of the molecule is c1ccc(C2CCc3ccccc3N(c3ccccc3)B2c2ccc(-c3ccc(B4C(c5ccccc5)Cc5ccccc5N4c4ccccc4)cc3)cc2)cc1. The van der Waals surface area contributed by atoms with Crippen LogP contribution in [0.3, 0.4) is 0 Å². The molecular formula is C53H44B2N2. The highest BCUT2D eigenvalue weighted by atomic mass is 15.1. The van der Waals surface area contributed by atoms with Crippen molar-refractivity contribution in [1.82, 2.24) is 0 Å². The average molecular weight is 731 g/mol. The molecule has 57 heavy (non-hydrogen) atoms. The molecule has 0 fully saturated rings. The summed E-state index contributed by atoms with van der Waals surface area (Å²) >= 11 is 0. The van der Waals surface area contributed by atoms with E-state index < -0.39 is 0 Å². The fourth-order valence-electron chi connectivity index (χ4n) is 9.69. The molecule has 2 aliphatic heterocycles. The van der Waals surface area contributed by atoms with E-state index in [1.807, 2.05) is 0 Å². The molecule has 2 heterocycles. The summed E-state index contributed by atoms with van der Waals surface area (Å²) in [5, 5.41) is 0. The summed E-state index contributed by atoms with van der Waals surface area (Å²) in [6.45, 7) is 0.265. The maximum absolute atomic E-state index is 2.60. The molecule has 2 atom stereocenters. The molecule has 2 aliphatic rings. The highest BCUT2D eigenvalue weighted by Crippen LogP contribution is 2.42. The first kappa shape index (κ1) is 34.9. The number of para-hydroxylation sites is 4. The zero-order chi connectivity index (χ0) is 38.0. The molecule has 2 nitrogen and oxygen atoms in total. The summed E-state index contributed by atoms with van der Waals surface area (Å²) < 4.78 is 0. The number of nitrogens with zero attached hydrogens (tertiary/aromatic N) is 2. The Hall–Kier alpha value is -6.51. The fraction of sp³-hybridized carbons (Fsp3) is 0.0943. The van der Waals surface area contributed by atoms with E-state index in [4.69, 9.17) is 0 Å². The molecular weight excluding hydrogens is 686 g/mol. The van der Waals surface area contributed by atoms with E-state index in [9.17, 15) is 0 Å². The first-order valence-corrected chi connectivity index (χ1v) is 20.4. The highest BCUT2D eigenvalue weighted by Gasteiger charge is 2.41. The number of fused-ring (bicyclic) bond motifs is 2. The number of benzene rings is 8.